The lowest BCUT2D eigenvalue weighted by atomic mass is 10.2. The van der Waals surface area contributed by atoms with Gasteiger partial charge in [-0.2, -0.15) is 0 Å². The number of halogens is 1. The smallest absolute Gasteiger partial charge is 0.0464 e. The Hall–Kier alpha value is -1.51. The fourth-order valence-electron chi connectivity index (χ4n) is 1.80. The molecule has 1 heterocycles. The van der Waals surface area contributed by atoms with Crippen molar-refractivity contribution in [1.29, 1.82) is 0 Å². The van der Waals surface area contributed by atoms with E-state index in [0.717, 1.165) is 0 Å². The van der Waals surface area contributed by atoms with Crippen LogP contribution in [0.4, 0.5) is 0 Å². The molecule has 0 saturated heterocycles. The summed E-state index contributed by atoms with van der Waals surface area (Å²) in [6.45, 7) is 0. The summed E-state index contributed by atoms with van der Waals surface area (Å²) in [6.07, 6.45) is 0. The highest BCUT2D eigenvalue weighted by atomic mass is 35.5. The third-order valence-corrected chi connectivity index (χ3v) is 2.41. The van der Waals surface area contributed by atoms with Gasteiger partial charge in [0, 0.05) is 21.8 Å². The van der Waals surface area contributed by atoms with Crippen LogP contribution in [0.5, 0.6) is 0 Å². The van der Waals surface area contributed by atoms with Crippen molar-refractivity contribution in [3.8, 4) is 0 Å². The molecule has 2 nitrogen and oxygen atoms in total. The third-order valence-electron chi connectivity index (χ3n) is 2.41. The van der Waals surface area contributed by atoms with Crippen molar-refractivity contribution >= 4 is 34.2 Å². The quantitative estimate of drug-likeness (QED) is 0.607. The van der Waals surface area contributed by atoms with E-state index in [4.69, 9.17) is 0 Å². The van der Waals surface area contributed by atoms with Gasteiger partial charge in [-0.3, -0.25) is 0 Å². The minimum absolute atomic E-state index is 0. The monoisotopic (exact) mass is 221 g/mol. The molecular weight excluding hydrogens is 210 g/mol. The van der Waals surface area contributed by atoms with Gasteiger partial charge in [0.15, 0.2) is 0 Å². The van der Waals surface area contributed by atoms with E-state index in [1.165, 1.54) is 21.8 Å². The fraction of sp³-hybridized carbons (Fsp3) is 0. The first-order valence-corrected chi connectivity index (χ1v) is 4.40. The van der Waals surface area contributed by atoms with E-state index in [-0.39, 0.29) is 17.9 Å². The van der Waals surface area contributed by atoms with E-state index in [1.54, 1.807) is 0 Å². The van der Waals surface area contributed by atoms with Crippen molar-refractivity contribution in [2.75, 3.05) is 0 Å². The molecule has 78 valence electrons. The van der Waals surface area contributed by atoms with Crippen LogP contribution in [-0.2, 0) is 0 Å². The first kappa shape index (κ1) is 11.6. The van der Waals surface area contributed by atoms with E-state index < -0.39 is 0 Å². The lowest BCUT2D eigenvalue weighted by Gasteiger charge is -1.87. The van der Waals surface area contributed by atoms with Crippen LogP contribution in [0, 0.1) is 0 Å². The van der Waals surface area contributed by atoms with Crippen molar-refractivity contribution < 1.29 is 5.48 Å². The summed E-state index contributed by atoms with van der Waals surface area (Å²) in [5, 5.41) is 2.61. The first-order chi connectivity index (χ1) is 6.45. The average Bonchev–Trinajstić information content (AvgIpc) is 2.56. The lowest BCUT2D eigenvalue weighted by molar-refractivity contribution is 0.824. The second kappa shape index (κ2) is 4.34. The third kappa shape index (κ3) is 1.69. The van der Waals surface area contributed by atoms with E-state index in [2.05, 4.69) is 53.5 Å². The molecule has 0 radical (unpaired) electrons. The van der Waals surface area contributed by atoms with Gasteiger partial charge < -0.3 is 10.5 Å². The summed E-state index contributed by atoms with van der Waals surface area (Å²) < 4.78 is 0. The molecule has 3 N–H and O–H groups in total. The standard InChI is InChI=1S/C12H9N.ClH.H2O/c1-3-7-11-9(5-1)10-6-2-4-8-12(10)13-11;;/h1-8,13H;1H;1H2. The Balaban J connectivity index is 0.000000562. The van der Waals surface area contributed by atoms with Crippen molar-refractivity contribution in [3.05, 3.63) is 48.5 Å². The number of hydrogen-bond acceptors (Lipinski definition) is 0. The molecule has 0 amide bonds. The molecule has 0 bridgehead atoms. The summed E-state index contributed by atoms with van der Waals surface area (Å²) in [7, 11) is 0. The predicted molar refractivity (Wildman–Crippen MR) is 66.7 cm³/mol. The van der Waals surface area contributed by atoms with Crippen LogP contribution in [-0.4, -0.2) is 10.5 Å². The number of rotatable bonds is 0. The van der Waals surface area contributed by atoms with Crippen molar-refractivity contribution in [2.45, 2.75) is 0 Å². The highest BCUT2D eigenvalue weighted by molar-refractivity contribution is 6.06. The molecule has 2 aromatic carbocycles. The van der Waals surface area contributed by atoms with Crippen molar-refractivity contribution in [3.63, 3.8) is 0 Å². The van der Waals surface area contributed by atoms with Crippen LogP contribution in [0.25, 0.3) is 21.8 Å². The van der Waals surface area contributed by atoms with Crippen LogP contribution in [0.2, 0.25) is 0 Å². The maximum atomic E-state index is 3.38. The van der Waals surface area contributed by atoms with Crippen LogP contribution in [0.1, 0.15) is 0 Å². The van der Waals surface area contributed by atoms with Gasteiger partial charge in [0.2, 0.25) is 0 Å². The van der Waals surface area contributed by atoms with E-state index in [1.807, 2.05) is 0 Å². The summed E-state index contributed by atoms with van der Waals surface area (Å²) in [5.41, 5.74) is 2.42. The Morgan fingerprint density at radius 2 is 1.07 bits per heavy atom. The maximum absolute atomic E-state index is 3.38. The Kier molecular flexibility index (Phi) is 3.35. The van der Waals surface area contributed by atoms with Crippen LogP contribution in [0.3, 0.4) is 0 Å². The molecule has 0 saturated carbocycles. The molecule has 3 rings (SSSR count). The van der Waals surface area contributed by atoms with Crippen LogP contribution >= 0.6 is 12.4 Å². The molecule has 0 aliphatic rings. The zero-order valence-corrected chi connectivity index (χ0v) is 8.84. The topological polar surface area (TPSA) is 47.3 Å². The molecule has 0 spiro atoms. The number of hydrogen-bond donors (Lipinski definition) is 1. The fourth-order valence-corrected chi connectivity index (χ4v) is 1.80. The van der Waals surface area contributed by atoms with Gasteiger partial charge in [0.1, 0.15) is 0 Å². The Morgan fingerprint density at radius 1 is 0.667 bits per heavy atom. The number of para-hydroxylation sites is 2. The molecule has 3 heteroatoms. The molecule has 0 atom stereocenters. The summed E-state index contributed by atoms with van der Waals surface area (Å²) in [4.78, 5) is 3.38. The highest BCUT2D eigenvalue weighted by Gasteiger charge is 2.00. The minimum atomic E-state index is 0. The summed E-state index contributed by atoms with van der Waals surface area (Å²) in [6, 6.07) is 16.8. The number of H-pyrrole nitrogens is 1. The van der Waals surface area contributed by atoms with Gasteiger partial charge in [0.05, 0.1) is 0 Å². The van der Waals surface area contributed by atoms with E-state index in [0.29, 0.717) is 0 Å². The highest BCUT2D eigenvalue weighted by Crippen LogP contribution is 2.24. The zero-order chi connectivity index (χ0) is 8.67. The molecule has 0 fully saturated rings. The van der Waals surface area contributed by atoms with Crippen molar-refractivity contribution in [2.24, 2.45) is 0 Å². The minimum Gasteiger partial charge on any atom is -0.412 e. The summed E-state index contributed by atoms with van der Waals surface area (Å²) in [5.74, 6) is 0. The predicted octanol–water partition coefficient (Wildman–Crippen LogP) is 2.92. The largest absolute Gasteiger partial charge is 0.412 e. The molecule has 15 heavy (non-hydrogen) atoms. The van der Waals surface area contributed by atoms with Crippen LogP contribution < -0.4 is 0 Å². The second-order valence-corrected chi connectivity index (χ2v) is 3.22. The number of aromatic nitrogens is 1. The summed E-state index contributed by atoms with van der Waals surface area (Å²) >= 11 is 0. The van der Waals surface area contributed by atoms with E-state index in [9.17, 15) is 0 Å². The van der Waals surface area contributed by atoms with Gasteiger partial charge in [-0.1, -0.05) is 36.4 Å². The Labute approximate surface area is 93.6 Å². The normalized spacial score (nSPS) is 9.60. The van der Waals surface area contributed by atoms with Gasteiger partial charge >= 0.3 is 0 Å². The van der Waals surface area contributed by atoms with Gasteiger partial charge in [-0.05, 0) is 12.1 Å². The number of fused-ring (bicyclic) bond motifs is 3. The zero-order valence-electron chi connectivity index (χ0n) is 8.03. The second-order valence-electron chi connectivity index (χ2n) is 3.22. The number of aromatic amines is 1. The average molecular weight is 222 g/mol. The lowest BCUT2D eigenvalue weighted by Crippen LogP contribution is -1.62. The molecule has 3 aromatic rings. The molecule has 1 aromatic heterocycles. The van der Waals surface area contributed by atoms with Crippen LogP contribution in [0.15, 0.2) is 48.5 Å². The number of benzene rings is 2. The maximum Gasteiger partial charge on any atom is 0.0464 e. The van der Waals surface area contributed by atoms with Crippen molar-refractivity contribution in [1.82, 2.24) is 4.98 Å². The van der Waals surface area contributed by atoms with Gasteiger partial charge in [-0.15, -0.1) is 12.4 Å². The Morgan fingerprint density at radius 3 is 1.53 bits per heavy atom. The molecule has 0 aliphatic heterocycles. The molecular formula is C12H12ClNO. The number of nitrogens with one attached hydrogen (secondary N) is 1. The SMILES string of the molecule is Cl.O.c1ccc2c(c1)[nH]c1ccccc12. The van der Waals surface area contributed by atoms with Gasteiger partial charge in [0.25, 0.3) is 0 Å². The Bertz CT molecular complexity index is 523. The molecule has 0 unspecified atom stereocenters. The van der Waals surface area contributed by atoms with Gasteiger partial charge in [-0.25, -0.2) is 0 Å². The van der Waals surface area contributed by atoms with E-state index >= 15 is 0 Å². The first-order valence-electron chi connectivity index (χ1n) is 4.40. The molecule has 0 aliphatic carbocycles.